The normalized spacial score (nSPS) is 29.8. The van der Waals surface area contributed by atoms with Crippen LogP contribution in [0.5, 0.6) is 0 Å². The van der Waals surface area contributed by atoms with Gasteiger partial charge in [0.1, 0.15) is 5.78 Å². The van der Waals surface area contributed by atoms with Gasteiger partial charge in [-0.3, -0.25) is 14.4 Å². The predicted molar refractivity (Wildman–Crippen MR) is 92.2 cm³/mol. The van der Waals surface area contributed by atoms with E-state index in [2.05, 4.69) is 0 Å². The number of imide groups is 1. The first kappa shape index (κ1) is 14.6. The number of anilines is 1. The van der Waals surface area contributed by atoms with Crippen molar-refractivity contribution in [3.63, 3.8) is 0 Å². The monoisotopic (exact) mass is 331 g/mol. The number of Topliss-reactive ketones (excluding diaryl/α,β-unsaturated/α-hetero) is 1. The van der Waals surface area contributed by atoms with E-state index in [1.54, 1.807) is 6.07 Å². The molecule has 2 amide bonds. The summed E-state index contributed by atoms with van der Waals surface area (Å²) in [7, 11) is 0. The van der Waals surface area contributed by atoms with Crippen molar-refractivity contribution >= 4 is 23.3 Å². The largest absolute Gasteiger partial charge is 0.299 e. The lowest BCUT2D eigenvalue weighted by Crippen LogP contribution is -2.44. The fourth-order valence-electron chi connectivity index (χ4n) is 5.01. The zero-order valence-corrected chi connectivity index (χ0v) is 13.8. The molecule has 4 atom stereocenters. The molecule has 2 aromatic carbocycles. The van der Waals surface area contributed by atoms with Gasteiger partial charge in [-0.05, 0) is 29.7 Å². The third kappa shape index (κ3) is 1.74. The SMILES string of the molecule is Cc1ccccc1N1C(=O)[C@@H]2[C@H](C1=O)[C@@H]1CC(=O)[C@@H]2c2ccccc21. The number of fused-ring (bicyclic) bond motifs is 1. The number of carbonyl (C=O) groups is 3. The maximum Gasteiger partial charge on any atom is 0.238 e. The van der Waals surface area contributed by atoms with Crippen molar-refractivity contribution in [2.75, 3.05) is 4.90 Å². The Kier molecular flexibility index (Phi) is 2.85. The van der Waals surface area contributed by atoms with Crippen LogP contribution in [-0.2, 0) is 14.4 Å². The Morgan fingerprint density at radius 3 is 2.24 bits per heavy atom. The van der Waals surface area contributed by atoms with Gasteiger partial charge in [0.25, 0.3) is 0 Å². The molecule has 0 unspecified atom stereocenters. The lowest BCUT2D eigenvalue weighted by atomic mass is 9.56. The molecule has 1 aliphatic heterocycles. The summed E-state index contributed by atoms with van der Waals surface area (Å²) in [6.07, 6.45) is 0.365. The molecule has 124 valence electrons. The minimum atomic E-state index is -0.548. The summed E-state index contributed by atoms with van der Waals surface area (Å²) >= 11 is 0. The number of amides is 2. The number of hydrogen-bond acceptors (Lipinski definition) is 3. The quantitative estimate of drug-likeness (QED) is 0.755. The first-order valence-electron chi connectivity index (χ1n) is 8.64. The maximum absolute atomic E-state index is 13.2. The molecule has 4 heteroatoms. The van der Waals surface area contributed by atoms with Crippen LogP contribution in [0.4, 0.5) is 5.69 Å². The van der Waals surface area contributed by atoms with Crippen molar-refractivity contribution in [1.29, 1.82) is 0 Å². The Labute approximate surface area is 145 Å². The molecule has 0 radical (unpaired) electrons. The highest BCUT2D eigenvalue weighted by Gasteiger charge is 2.62. The number of benzene rings is 2. The standard InChI is InChI=1S/C21H17NO3/c1-11-6-2-5-9-15(11)22-20(24)18-14-10-16(23)17(19(18)21(22)25)13-8-4-3-7-12(13)14/h2-9,14,17-19H,10H2,1H3/t14-,17+,18-,19+/m1/s1. The van der Waals surface area contributed by atoms with E-state index in [1.807, 2.05) is 49.4 Å². The molecular formula is C21H17NO3. The Balaban J connectivity index is 1.68. The molecule has 1 saturated carbocycles. The number of carbonyl (C=O) groups excluding carboxylic acids is 3. The van der Waals surface area contributed by atoms with Crippen LogP contribution >= 0.6 is 0 Å². The van der Waals surface area contributed by atoms with E-state index in [1.165, 1.54) is 4.90 Å². The van der Waals surface area contributed by atoms with E-state index in [-0.39, 0.29) is 23.5 Å². The van der Waals surface area contributed by atoms with Crippen LogP contribution < -0.4 is 4.90 Å². The van der Waals surface area contributed by atoms with Gasteiger partial charge in [-0.15, -0.1) is 0 Å². The van der Waals surface area contributed by atoms with Crippen LogP contribution in [0.1, 0.15) is 34.9 Å². The Morgan fingerprint density at radius 1 is 0.840 bits per heavy atom. The molecule has 3 aliphatic carbocycles. The average Bonchev–Trinajstić information content (AvgIpc) is 2.88. The average molecular weight is 331 g/mol. The highest BCUT2D eigenvalue weighted by Crippen LogP contribution is 2.57. The molecule has 0 aromatic heterocycles. The van der Waals surface area contributed by atoms with Gasteiger partial charge in [0.05, 0.1) is 23.4 Å². The smallest absolute Gasteiger partial charge is 0.238 e. The van der Waals surface area contributed by atoms with Crippen molar-refractivity contribution in [2.45, 2.75) is 25.2 Å². The van der Waals surface area contributed by atoms with E-state index in [0.717, 1.165) is 16.7 Å². The number of para-hydroxylation sites is 1. The van der Waals surface area contributed by atoms with Gasteiger partial charge < -0.3 is 0 Å². The van der Waals surface area contributed by atoms with Crippen LogP contribution in [0.2, 0.25) is 0 Å². The van der Waals surface area contributed by atoms with E-state index in [0.29, 0.717) is 12.1 Å². The Morgan fingerprint density at radius 2 is 1.48 bits per heavy atom. The summed E-state index contributed by atoms with van der Waals surface area (Å²) in [5.41, 5.74) is 3.54. The third-order valence-electron chi connectivity index (χ3n) is 6.05. The lowest BCUT2D eigenvalue weighted by molar-refractivity contribution is -0.134. The first-order valence-corrected chi connectivity index (χ1v) is 8.64. The summed E-state index contributed by atoms with van der Waals surface area (Å²) in [5.74, 6) is -1.89. The molecule has 1 heterocycles. The number of hydrogen-bond donors (Lipinski definition) is 0. The first-order chi connectivity index (χ1) is 12.1. The number of rotatable bonds is 1. The highest BCUT2D eigenvalue weighted by atomic mass is 16.2. The molecule has 25 heavy (non-hydrogen) atoms. The fourth-order valence-corrected chi connectivity index (χ4v) is 5.01. The number of ketones is 1. The van der Waals surface area contributed by atoms with Crippen molar-refractivity contribution in [2.24, 2.45) is 11.8 Å². The van der Waals surface area contributed by atoms with Crippen molar-refractivity contribution < 1.29 is 14.4 Å². The zero-order valence-electron chi connectivity index (χ0n) is 13.8. The molecule has 0 N–H and O–H groups in total. The van der Waals surface area contributed by atoms with E-state index in [9.17, 15) is 14.4 Å². The second-order valence-corrected chi connectivity index (χ2v) is 7.23. The maximum atomic E-state index is 13.2. The Hall–Kier alpha value is -2.75. The molecule has 2 bridgehead atoms. The molecular weight excluding hydrogens is 314 g/mol. The minimum Gasteiger partial charge on any atom is -0.299 e. The number of nitrogens with zero attached hydrogens (tertiary/aromatic N) is 1. The summed E-state index contributed by atoms with van der Waals surface area (Å²) in [4.78, 5) is 40.4. The molecule has 2 fully saturated rings. The zero-order chi connectivity index (χ0) is 17.3. The molecule has 0 spiro atoms. The van der Waals surface area contributed by atoms with Gasteiger partial charge in [-0.25, -0.2) is 4.90 Å². The van der Waals surface area contributed by atoms with Crippen LogP contribution in [0.3, 0.4) is 0 Å². The van der Waals surface area contributed by atoms with E-state index < -0.39 is 17.8 Å². The van der Waals surface area contributed by atoms with E-state index in [4.69, 9.17) is 0 Å². The van der Waals surface area contributed by atoms with Gasteiger partial charge in [0.15, 0.2) is 0 Å². The Bertz CT molecular complexity index is 948. The molecule has 6 rings (SSSR count). The lowest BCUT2D eigenvalue weighted by Gasteiger charge is -2.43. The van der Waals surface area contributed by atoms with E-state index >= 15 is 0 Å². The van der Waals surface area contributed by atoms with Gasteiger partial charge in [0.2, 0.25) is 11.8 Å². The van der Waals surface area contributed by atoms with Crippen molar-refractivity contribution in [3.8, 4) is 0 Å². The van der Waals surface area contributed by atoms with Gasteiger partial charge in [-0.1, -0.05) is 42.5 Å². The van der Waals surface area contributed by atoms with Crippen LogP contribution in [0.15, 0.2) is 48.5 Å². The molecule has 4 nitrogen and oxygen atoms in total. The van der Waals surface area contributed by atoms with Crippen LogP contribution in [0, 0.1) is 18.8 Å². The highest BCUT2D eigenvalue weighted by molar-refractivity contribution is 6.25. The van der Waals surface area contributed by atoms with Crippen molar-refractivity contribution in [1.82, 2.24) is 0 Å². The topological polar surface area (TPSA) is 54.5 Å². The molecule has 2 aromatic rings. The second kappa shape index (κ2) is 4.88. The summed E-state index contributed by atoms with van der Waals surface area (Å²) in [5, 5.41) is 0. The van der Waals surface area contributed by atoms with Crippen LogP contribution in [0.25, 0.3) is 0 Å². The number of aryl methyl sites for hydroxylation is 1. The molecule has 1 saturated heterocycles. The summed E-state index contributed by atoms with van der Waals surface area (Å²) < 4.78 is 0. The summed E-state index contributed by atoms with van der Waals surface area (Å²) in [6.45, 7) is 1.90. The third-order valence-corrected chi connectivity index (χ3v) is 6.05. The van der Waals surface area contributed by atoms with Gasteiger partial charge in [0, 0.05) is 12.3 Å². The van der Waals surface area contributed by atoms with Gasteiger partial charge >= 0.3 is 0 Å². The predicted octanol–water partition coefficient (Wildman–Crippen LogP) is 2.95. The fraction of sp³-hybridized carbons (Fsp3) is 0.286. The molecule has 4 aliphatic rings. The second-order valence-electron chi connectivity index (χ2n) is 7.23. The van der Waals surface area contributed by atoms with Crippen LogP contribution in [-0.4, -0.2) is 17.6 Å². The summed E-state index contributed by atoms with van der Waals surface area (Å²) in [6, 6.07) is 15.2. The van der Waals surface area contributed by atoms with Gasteiger partial charge in [-0.2, -0.15) is 0 Å². The van der Waals surface area contributed by atoms with Crippen molar-refractivity contribution in [3.05, 3.63) is 65.2 Å². The minimum absolute atomic E-state index is 0.0951.